The molecule has 4 heteroatoms. The Labute approximate surface area is 121 Å². The number of nitrogens with zero attached hydrogens (tertiary/aromatic N) is 1. The number of pyridine rings is 1. The van der Waals surface area contributed by atoms with Crippen LogP contribution in [0.3, 0.4) is 0 Å². The fraction of sp³-hybridized carbons (Fsp3) is 0.357. The van der Waals surface area contributed by atoms with Gasteiger partial charge in [-0.15, -0.1) is 11.3 Å². The standard InChI is InChI=1S/C14H17BrN2S/c1-2-16-13(8-12-5-3-4-6-17-12)9-14-7-11(15)10-18-14/h3-7,10,13,16H,2,8-9H2,1H3. The van der Waals surface area contributed by atoms with E-state index in [1.807, 2.05) is 29.7 Å². The molecule has 0 saturated carbocycles. The van der Waals surface area contributed by atoms with Gasteiger partial charge in [-0.2, -0.15) is 0 Å². The maximum Gasteiger partial charge on any atom is 0.0419 e. The minimum absolute atomic E-state index is 0.454. The van der Waals surface area contributed by atoms with Crippen molar-refractivity contribution in [2.75, 3.05) is 6.54 Å². The summed E-state index contributed by atoms with van der Waals surface area (Å²) in [6.45, 7) is 3.14. The number of thiophene rings is 1. The molecule has 2 aromatic rings. The highest BCUT2D eigenvalue weighted by atomic mass is 79.9. The normalized spacial score (nSPS) is 12.6. The fourth-order valence-corrected chi connectivity index (χ4v) is 3.51. The largest absolute Gasteiger partial charge is 0.314 e. The van der Waals surface area contributed by atoms with Gasteiger partial charge in [0.25, 0.3) is 0 Å². The lowest BCUT2D eigenvalue weighted by Gasteiger charge is -2.16. The molecule has 2 nitrogen and oxygen atoms in total. The first-order chi connectivity index (χ1) is 8.78. The van der Waals surface area contributed by atoms with E-state index >= 15 is 0 Å². The number of halogens is 1. The monoisotopic (exact) mass is 324 g/mol. The molecule has 0 spiro atoms. The van der Waals surface area contributed by atoms with Crippen molar-refractivity contribution >= 4 is 27.3 Å². The van der Waals surface area contributed by atoms with Gasteiger partial charge in [0.1, 0.15) is 0 Å². The smallest absolute Gasteiger partial charge is 0.0419 e. The highest BCUT2D eigenvalue weighted by molar-refractivity contribution is 9.10. The number of nitrogens with one attached hydrogen (secondary N) is 1. The van der Waals surface area contributed by atoms with Crippen LogP contribution in [0.5, 0.6) is 0 Å². The van der Waals surface area contributed by atoms with Crippen molar-refractivity contribution in [2.24, 2.45) is 0 Å². The van der Waals surface area contributed by atoms with E-state index in [9.17, 15) is 0 Å². The molecule has 1 N–H and O–H groups in total. The van der Waals surface area contributed by atoms with E-state index in [2.05, 4.69) is 50.7 Å². The fourth-order valence-electron chi connectivity index (χ4n) is 1.98. The molecular formula is C14H17BrN2S. The van der Waals surface area contributed by atoms with Crippen LogP contribution in [-0.2, 0) is 12.8 Å². The van der Waals surface area contributed by atoms with Crippen LogP contribution in [0.1, 0.15) is 17.5 Å². The Kier molecular flexibility index (Phi) is 5.35. The first kappa shape index (κ1) is 13.7. The van der Waals surface area contributed by atoms with Gasteiger partial charge in [0.05, 0.1) is 0 Å². The quantitative estimate of drug-likeness (QED) is 0.876. The molecular weight excluding hydrogens is 308 g/mol. The maximum absolute atomic E-state index is 4.40. The third-order valence-electron chi connectivity index (χ3n) is 2.74. The van der Waals surface area contributed by atoms with E-state index in [0.717, 1.165) is 25.1 Å². The lowest BCUT2D eigenvalue weighted by Crippen LogP contribution is -2.33. The van der Waals surface area contributed by atoms with E-state index in [1.165, 1.54) is 9.35 Å². The van der Waals surface area contributed by atoms with Crippen LogP contribution in [0, 0.1) is 0 Å². The van der Waals surface area contributed by atoms with E-state index in [1.54, 1.807) is 0 Å². The summed E-state index contributed by atoms with van der Waals surface area (Å²) in [5.74, 6) is 0. The summed E-state index contributed by atoms with van der Waals surface area (Å²) < 4.78 is 1.18. The molecule has 1 unspecified atom stereocenters. The van der Waals surface area contributed by atoms with Gasteiger partial charge in [-0.05, 0) is 47.1 Å². The summed E-state index contributed by atoms with van der Waals surface area (Å²) in [6.07, 6.45) is 3.89. The third kappa shape index (κ3) is 4.19. The minimum Gasteiger partial charge on any atom is -0.314 e. The predicted octanol–water partition coefficient (Wildman–Crippen LogP) is 3.67. The molecule has 2 aromatic heterocycles. The average molecular weight is 325 g/mol. The van der Waals surface area contributed by atoms with Crippen molar-refractivity contribution in [3.63, 3.8) is 0 Å². The van der Waals surface area contributed by atoms with Crippen LogP contribution >= 0.6 is 27.3 Å². The van der Waals surface area contributed by atoms with Crippen molar-refractivity contribution in [1.29, 1.82) is 0 Å². The topological polar surface area (TPSA) is 24.9 Å². The molecule has 0 bridgehead atoms. The van der Waals surface area contributed by atoms with E-state index in [4.69, 9.17) is 0 Å². The Hall–Kier alpha value is -0.710. The number of hydrogen-bond donors (Lipinski definition) is 1. The van der Waals surface area contributed by atoms with Crippen molar-refractivity contribution in [1.82, 2.24) is 10.3 Å². The van der Waals surface area contributed by atoms with Gasteiger partial charge >= 0.3 is 0 Å². The number of rotatable bonds is 6. The van der Waals surface area contributed by atoms with Crippen molar-refractivity contribution in [3.05, 3.63) is 50.9 Å². The van der Waals surface area contributed by atoms with Crippen molar-refractivity contribution in [3.8, 4) is 0 Å². The Morgan fingerprint density at radius 2 is 2.28 bits per heavy atom. The van der Waals surface area contributed by atoms with Gasteiger partial charge in [-0.1, -0.05) is 13.0 Å². The van der Waals surface area contributed by atoms with Gasteiger partial charge < -0.3 is 5.32 Å². The molecule has 0 radical (unpaired) electrons. The predicted molar refractivity (Wildman–Crippen MR) is 81.1 cm³/mol. The van der Waals surface area contributed by atoms with E-state index < -0.39 is 0 Å². The Morgan fingerprint density at radius 1 is 1.39 bits per heavy atom. The second-order valence-corrected chi connectivity index (χ2v) is 6.13. The summed E-state index contributed by atoms with van der Waals surface area (Å²) in [5.41, 5.74) is 1.15. The van der Waals surface area contributed by atoms with Gasteiger partial charge in [-0.3, -0.25) is 4.98 Å². The molecule has 0 aliphatic rings. The second-order valence-electron chi connectivity index (χ2n) is 4.22. The lowest BCUT2D eigenvalue weighted by molar-refractivity contribution is 0.519. The average Bonchev–Trinajstić information content (AvgIpc) is 2.76. The molecule has 0 aliphatic heterocycles. The number of likely N-dealkylation sites (N-methyl/N-ethyl adjacent to an activating group) is 1. The zero-order chi connectivity index (χ0) is 12.8. The van der Waals surface area contributed by atoms with Crippen LogP contribution in [0.2, 0.25) is 0 Å². The van der Waals surface area contributed by atoms with Crippen molar-refractivity contribution < 1.29 is 0 Å². The minimum atomic E-state index is 0.454. The summed E-state index contributed by atoms with van der Waals surface area (Å²) in [5, 5.41) is 5.68. The molecule has 0 aromatic carbocycles. The Balaban J connectivity index is 1.99. The Morgan fingerprint density at radius 3 is 2.89 bits per heavy atom. The summed E-state index contributed by atoms with van der Waals surface area (Å²) >= 11 is 5.31. The summed E-state index contributed by atoms with van der Waals surface area (Å²) in [7, 11) is 0. The molecule has 18 heavy (non-hydrogen) atoms. The van der Waals surface area contributed by atoms with E-state index in [-0.39, 0.29) is 0 Å². The highest BCUT2D eigenvalue weighted by Gasteiger charge is 2.11. The first-order valence-corrected chi connectivity index (χ1v) is 7.81. The van der Waals surface area contributed by atoms with Gasteiger partial charge in [0, 0.05) is 39.1 Å². The van der Waals surface area contributed by atoms with Crippen LogP contribution in [0.4, 0.5) is 0 Å². The molecule has 1 atom stereocenters. The van der Waals surface area contributed by atoms with Crippen LogP contribution in [-0.4, -0.2) is 17.6 Å². The van der Waals surface area contributed by atoms with Crippen molar-refractivity contribution in [2.45, 2.75) is 25.8 Å². The zero-order valence-electron chi connectivity index (χ0n) is 10.4. The third-order valence-corrected chi connectivity index (χ3v) is 4.46. The Bertz CT molecular complexity index is 470. The number of hydrogen-bond acceptors (Lipinski definition) is 3. The lowest BCUT2D eigenvalue weighted by atomic mass is 10.1. The highest BCUT2D eigenvalue weighted by Crippen LogP contribution is 2.21. The first-order valence-electron chi connectivity index (χ1n) is 6.14. The van der Waals surface area contributed by atoms with Gasteiger partial charge in [0.15, 0.2) is 0 Å². The summed E-state index contributed by atoms with van der Waals surface area (Å²) in [6, 6.07) is 8.76. The summed E-state index contributed by atoms with van der Waals surface area (Å²) in [4.78, 5) is 5.81. The van der Waals surface area contributed by atoms with Gasteiger partial charge in [0.2, 0.25) is 0 Å². The molecule has 0 saturated heterocycles. The number of aromatic nitrogens is 1. The van der Waals surface area contributed by atoms with E-state index in [0.29, 0.717) is 6.04 Å². The second kappa shape index (κ2) is 7.02. The molecule has 2 rings (SSSR count). The molecule has 2 heterocycles. The zero-order valence-corrected chi connectivity index (χ0v) is 12.8. The van der Waals surface area contributed by atoms with Crippen LogP contribution in [0.25, 0.3) is 0 Å². The molecule has 0 amide bonds. The molecule has 0 fully saturated rings. The van der Waals surface area contributed by atoms with Crippen LogP contribution in [0.15, 0.2) is 40.3 Å². The van der Waals surface area contributed by atoms with Crippen LogP contribution < -0.4 is 5.32 Å². The maximum atomic E-state index is 4.40. The molecule has 0 aliphatic carbocycles. The SMILES string of the molecule is CCNC(Cc1ccccn1)Cc1cc(Br)cs1. The van der Waals surface area contributed by atoms with Gasteiger partial charge in [-0.25, -0.2) is 0 Å². The molecule has 96 valence electrons.